The Morgan fingerprint density at radius 2 is 1.86 bits per heavy atom. The van der Waals surface area contributed by atoms with Gasteiger partial charge >= 0.3 is 5.97 Å². The molecule has 3 aromatic rings. The first kappa shape index (κ1) is 23.0. The molecule has 0 atom stereocenters. The lowest BCUT2D eigenvalue weighted by atomic mass is 10.1. The number of nitrogens with zero attached hydrogens (tertiary/aromatic N) is 3. The average molecular weight is 463 g/mol. The number of pyridine rings is 1. The lowest BCUT2D eigenvalue weighted by Crippen LogP contribution is -2.05. The lowest BCUT2D eigenvalue weighted by molar-refractivity contribution is 0.0699. The normalized spacial score (nSPS) is 10.9. The van der Waals surface area contributed by atoms with Crippen LogP contribution < -0.4 is 5.73 Å². The topological polar surface area (TPSA) is 103 Å². The molecule has 0 aliphatic heterocycles. The van der Waals surface area contributed by atoms with Crippen LogP contribution in [0.5, 0.6) is 0 Å². The van der Waals surface area contributed by atoms with Crippen LogP contribution >= 0.6 is 15.9 Å². The number of carboxylic acid groups (broad SMARTS) is 1. The Bertz CT molecular complexity index is 966. The molecule has 0 spiro atoms. The van der Waals surface area contributed by atoms with Crippen LogP contribution in [-0.4, -0.2) is 39.1 Å². The van der Waals surface area contributed by atoms with Crippen LogP contribution in [0.1, 0.15) is 49.7 Å². The van der Waals surface area contributed by atoms with Crippen molar-refractivity contribution in [1.82, 2.24) is 14.8 Å². The number of ether oxygens (including phenoxy) is 1. The third kappa shape index (κ3) is 5.41. The van der Waals surface area contributed by atoms with E-state index in [0.717, 1.165) is 24.3 Å². The molecule has 0 amide bonds. The zero-order valence-corrected chi connectivity index (χ0v) is 18.7. The fraction of sp³-hybridized carbons (Fsp3) is 0.381. The Morgan fingerprint density at radius 3 is 2.31 bits per heavy atom. The Kier molecular flexibility index (Phi) is 8.31. The van der Waals surface area contributed by atoms with Gasteiger partial charge in [-0.2, -0.15) is 5.10 Å². The number of rotatable bonds is 6. The first-order valence-corrected chi connectivity index (χ1v) is 10.3. The highest BCUT2D eigenvalue weighted by Gasteiger charge is 2.21. The van der Waals surface area contributed by atoms with E-state index in [4.69, 9.17) is 10.5 Å². The SMILES string of the molecule is CC(C)n1nc(Br)c2c(C(=O)O)cc(-c3ccc(CN)cc3)nc21.CCOCC. The third-order valence-corrected chi connectivity index (χ3v) is 4.79. The van der Waals surface area contributed by atoms with Gasteiger partial charge in [-0.1, -0.05) is 24.3 Å². The number of hydrogen-bond acceptors (Lipinski definition) is 5. The maximum atomic E-state index is 11.7. The molecule has 156 valence electrons. The fourth-order valence-electron chi connectivity index (χ4n) is 2.79. The number of hydrogen-bond donors (Lipinski definition) is 2. The number of aromatic carboxylic acids is 1. The molecule has 7 nitrogen and oxygen atoms in total. The van der Waals surface area contributed by atoms with Crippen molar-refractivity contribution in [2.75, 3.05) is 13.2 Å². The molecule has 3 N–H and O–H groups in total. The van der Waals surface area contributed by atoms with E-state index in [1.165, 1.54) is 0 Å². The van der Waals surface area contributed by atoms with Crippen molar-refractivity contribution >= 4 is 32.9 Å². The van der Waals surface area contributed by atoms with Gasteiger partial charge in [-0.25, -0.2) is 14.5 Å². The van der Waals surface area contributed by atoms with Crippen LogP contribution in [0.4, 0.5) is 0 Å². The minimum Gasteiger partial charge on any atom is -0.478 e. The number of halogens is 1. The summed E-state index contributed by atoms with van der Waals surface area (Å²) in [5, 5.41) is 14.5. The predicted molar refractivity (Wildman–Crippen MR) is 118 cm³/mol. The maximum absolute atomic E-state index is 11.7. The number of benzene rings is 1. The summed E-state index contributed by atoms with van der Waals surface area (Å²) < 4.78 is 7.05. The van der Waals surface area contributed by atoms with Crippen molar-refractivity contribution < 1.29 is 14.6 Å². The molecular formula is C21H27BrN4O3. The van der Waals surface area contributed by atoms with E-state index in [-0.39, 0.29) is 11.6 Å². The van der Waals surface area contributed by atoms with Gasteiger partial charge in [0.2, 0.25) is 0 Å². The molecule has 0 fully saturated rings. The van der Waals surface area contributed by atoms with Gasteiger partial charge < -0.3 is 15.6 Å². The van der Waals surface area contributed by atoms with Crippen molar-refractivity contribution in [3.05, 3.63) is 46.1 Å². The molecule has 0 unspecified atom stereocenters. The van der Waals surface area contributed by atoms with Gasteiger partial charge in [0.25, 0.3) is 0 Å². The van der Waals surface area contributed by atoms with E-state index in [1.54, 1.807) is 10.7 Å². The van der Waals surface area contributed by atoms with Crippen LogP contribution in [0.2, 0.25) is 0 Å². The predicted octanol–water partition coefficient (Wildman–Crippen LogP) is 4.64. The molecule has 3 rings (SSSR count). The van der Waals surface area contributed by atoms with Crippen molar-refractivity contribution in [3.63, 3.8) is 0 Å². The van der Waals surface area contributed by atoms with Crippen LogP contribution in [0.15, 0.2) is 34.9 Å². The van der Waals surface area contributed by atoms with Gasteiger partial charge in [-0.15, -0.1) is 0 Å². The number of nitrogens with two attached hydrogens (primary N) is 1. The highest BCUT2D eigenvalue weighted by Crippen LogP contribution is 2.31. The van der Waals surface area contributed by atoms with Gasteiger partial charge in [-0.3, -0.25) is 0 Å². The minimum absolute atomic E-state index is 0.0582. The van der Waals surface area contributed by atoms with Gasteiger partial charge in [-0.05, 0) is 55.3 Å². The van der Waals surface area contributed by atoms with Crippen LogP contribution in [-0.2, 0) is 11.3 Å². The van der Waals surface area contributed by atoms with Crippen LogP contribution in [0.25, 0.3) is 22.3 Å². The molecule has 0 aliphatic rings. The Labute approximate surface area is 179 Å². The molecule has 0 radical (unpaired) electrons. The van der Waals surface area contributed by atoms with E-state index < -0.39 is 5.97 Å². The summed E-state index contributed by atoms with van der Waals surface area (Å²) in [6.07, 6.45) is 0. The van der Waals surface area contributed by atoms with Gasteiger partial charge in [0.05, 0.1) is 16.6 Å². The number of fused-ring (bicyclic) bond motifs is 1. The third-order valence-electron chi connectivity index (χ3n) is 4.23. The second-order valence-corrected chi connectivity index (χ2v) is 7.32. The summed E-state index contributed by atoms with van der Waals surface area (Å²) in [5.74, 6) is -1.01. The van der Waals surface area contributed by atoms with Crippen molar-refractivity contribution in [3.8, 4) is 11.3 Å². The molecule has 2 heterocycles. The largest absolute Gasteiger partial charge is 0.478 e. The van der Waals surface area contributed by atoms with E-state index in [0.29, 0.717) is 27.9 Å². The second-order valence-electron chi connectivity index (χ2n) is 6.57. The standard InChI is InChI=1S/C17H17BrN4O2.C4H10O/c1-9(2)22-16-14(15(18)21-22)12(17(23)24)7-13(20-16)11-5-3-10(8-19)4-6-11;1-3-5-4-2/h3-7,9H,8,19H2,1-2H3,(H,23,24);3-4H2,1-2H3. The van der Waals surface area contributed by atoms with Crippen molar-refractivity contribution in [2.45, 2.75) is 40.3 Å². The highest BCUT2D eigenvalue weighted by atomic mass is 79.9. The van der Waals surface area contributed by atoms with Gasteiger partial charge in [0.15, 0.2) is 5.65 Å². The van der Waals surface area contributed by atoms with Gasteiger partial charge in [0, 0.05) is 31.4 Å². The highest BCUT2D eigenvalue weighted by molar-refractivity contribution is 9.10. The maximum Gasteiger partial charge on any atom is 0.336 e. The first-order valence-electron chi connectivity index (χ1n) is 9.53. The molecule has 2 aromatic heterocycles. The summed E-state index contributed by atoms with van der Waals surface area (Å²) >= 11 is 3.36. The zero-order chi connectivity index (χ0) is 21.6. The Morgan fingerprint density at radius 1 is 1.24 bits per heavy atom. The van der Waals surface area contributed by atoms with Crippen molar-refractivity contribution in [1.29, 1.82) is 0 Å². The average Bonchev–Trinajstić information content (AvgIpc) is 3.05. The van der Waals surface area contributed by atoms with E-state index in [9.17, 15) is 9.90 Å². The summed E-state index contributed by atoms with van der Waals surface area (Å²) in [6, 6.07) is 9.26. The quantitative estimate of drug-likeness (QED) is 0.552. The fourth-order valence-corrected chi connectivity index (χ4v) is 3.35. The van der Waals surface area contributed by atoms with Crippen molar-refractivity contribution in [2.24, 2.45) is 5.73 Å². The summed E-state index contributed by atoms with van der Waals surface area (Å²) in [6.45, 7) is 10.1. The minimum atomic E-state index is -1.01. The molecule has 1 aromatic carbocycles. The summed E-state index contributed by atoms with van der Waals surface area (Å²) in [4.78, 5) is 16.4. The zero-order valence-electron chi connectivity index (χ0n) is 17.1. The molecule has 0 saturated heterocycles. The Hall–Kier alpha value is -2.29. The summed E-state index contributed by atoms with van der Waals surface area (Å²) in [7, 11) is 0. The number of carbonyl (C=O) groups is 1. The van der Waals surface area contributed by atoms with E-state index in [1.807, 2.05) is 52.0 Å². The van der Waals surface area contributed by atoms with Crippen LogP contribution in [0.3, 0.4) is 0 Å². The van der Waals surface area contributed by atoms with Crippen LogP contribution in [0, 0.1) is 0 Å². The molecule has 0 aliphatic carbocycles. The lowest BCUT2D eigenvalue weighted by Gasteiger charge is -2.09. The molecule has 0 bridgehead atoms. The molecular weight excluding hydrogens is 436 g/mol. The van der Waals surface area contributed by atoms with E-state index in [2.05, 4.69) is 26.0 Å². The Balaban J connectivity index is 0.000000537. The van der Waals surface area contributed by atoms with E-state index >= 15 is 0 Å². The number of carboxylic acids is 1. The smallest absolute Gasteiger partial charge is 0.336 e. The summed E-state index contributed by atoms with van der Waals surface area (Å²) in [5.41, 5.74) is 8.79. The first-order chi connectivity index (χ1) is 13.8. The molecule has 0 saturated carbocycles. The number of aromatic nitrogens is 3. The van der Waals surface area contributed by atoms with Gasteiger partial charge in [0.1, 0.15) is 4.60 Å². The second kappa shape index (κ2) is 10.5. The monoisotopic (exact) mass is 462 g/mol. The molecule has 8 heteroatoms. The molecule has 29 heavy (non-hydrogen) atoms.